The van der Waals surface area contributed by atoms with Crippen molar-refractivity contribution in [3.63, 3.8) is 0 Å². The van der Waals surface area contributed by atoms with Crippen LogP contribution in [0.15, 0.2) is 54.6 Å². The summed E-state index contributed by atoms with van der Waals surface area (Å²) in [5.41, 5.74) is -1.12. The van der Waals surface area contributed by atoms with Gasteiger partial charge in [-0.3, -0.25) is 14.3 Å². The minimum atomic E-state index is -4.51. The molecule has 6 nitrogen and oxygen atoms in total. The van der Waals surface area contributed by atoms with Crippen molar-refractivity contribution in [1.82, 2.24) is 20.0 Å². The van der Waals surface area contributed by atoms with E-state index in [9.17, 15) is 35.9 Å². The number of aromatic nitrogens is 2. The summed E-state index contributed by atoms with van der Waals surface area (Å²) in [7, 11) is 0. The molecule has 3 aromatic rings. The van der Waals surface area contributed by atoms with E-state index in [0.29, 0.717) is 5.56 Å². The molecule has 1 aliphatic heterocycles. The number of hydrogen-bond acceptors (Lipinski definition) is 3. The first kappa shape index (κ1) is 24.3. The van der Waals surface area contributed by atoms with Gasteiger partial charge in [-0.2, -0.15) is 31.4 Å². The van der Waals surface area contributed by atoms with E-state index in [-0.39, 0.29) is 43.1 Å². The third-order valence-electron chi connectivity index (χ3n) is 5.44. The molecule has 0 bridgehead atoms. The van der Waals surface area contributed by atoms with Crippen molar-refractivity contribution in [1.29, 1.82) is 0 Å². The van der Waals surface area contributed by atoms with Gasteiger partial charge in [0, 0.05) is 25.7 Å². The molecule has 0 aliphatic carbocycles. The fourth-order valence-electron chi connectivity index (χ4n) is 3.70. The predicted molar refractivity (Wildman–Crippen MR) is 111 cm³/mol. The van der Waals surface area contributed by atoms with Gasteiger partial charge in [-0.25, -0.2) is 0 Å². The molecule has 4 rings (SSSR count). The van der Waals surface area contributed by atoms with Crippen LogP contribution in [-0.4, -0.2) is 33.0 Å². The SMILES string of the molecule is O=C(NCc1cccc(C(F)(F)F)c1)c1cc2n(n1)CCN(Cc1cccc(C(F)(F)F)c1)C2=O. The van der Waals surface area contributed by atoms with Crippen LogP contribution in [0.25, 0.3) is 0 Å². The normalized spacial score (nSPS) is 14.1. The second-order valence-corrected chi connectivity index (χ2v) is 7.94. The lowest BCUT2D eigenvalue weighted by molar-refractivity contribution is -0.138. The molecule has 184 valence electrons. The molecule has 0 fully saturated rings. The number of benzene rings is 2. The van der Waals surface area contributed by atoms with Gasteiger partial charge in [0.25, 0.3) is 11.8 Å². The Morgan fingerprint density at radius 3 is 2.11 bits per heavy atom. The van der Waals surface area contributed by atoms with Gasteiger partial charge in [0.05, 0.1) is 17.7 Å². The number of hydrogen-bond donors (Lipinski definition) is 1. The number of carbonyl (C=O) groups excluding carboxylic acids is 2. The first-order valence-electron chi connectivity index (χ1n) is 10.4. The van der Waals surface area contributed by atoms with Gasteiger partial charge in [0.15, 0.2) is 5.69 Å². The molecular formula is C23H18F6N4O2. The van der Waals surface area contributed by atoms with E-state index in [1.165, 1.54) is 39.9 Å². The molecule has 2 amide bonds. The van der Waals surface area contributed by atoms with Crippen LogP contribution >= 0.6 is 0 Å². The highest BCUT2D eigenvalue weighted by atomic mass is 19.4. The summed E-state index contributed by atoms with van der Waals surface area (Å²) in [6.45, 7) is 0.168. The van der Waals surface area contributed by atoms with Crippen LogP contribution in [0, 0.1) is 0 Å². The largest absolute Gasteiger partial charge is 0.416 e. The maximum Gasteiger partial charge on any atom is 0.416 e. The third-order valence-corrected chi connectivity index (χ3v) is 5.44. The highest BCUT2D eigenvalue weighted by molar-refractivity contribution is 5.98. The van der Waals surface area contributed by atoms with E-state index in [4.69, 9.17) is 0 Å². The van der Waals surface area contributed by atoms with E-state index in [0.717, 1.165) is 24.3 Å². The van der Waals surface area contributed by atoms with Gasteiger partial charge in [-0.15, -0.1) is 0 Å². The smallest absolute Gasteiger partial charge is 0.347 e. The maximum atomic E-state index is 13.0. The second kappa shape index (κ2) is 9.08. The van der Waals surface area contributed by atoms with E-state index >= 15 is 0 Å². The second-order valence-electron chi connectivity index (χ2n) is 7.94. The third kappa shape index (κ3) is 5.47. The van der Waals surface area contributed by atoms with Crippen molar-refractivity contribution in [2.45, 2.75) is 32.0 Å². The zero-order valence-electron chi connectivity index (χ0n) is 18.0. The number of nitrogens with one attached hydrogen (secondary N) is 1. The predicted octanol–water partition coefficient (Wildman–Crippen LogP) is 4.51. The molecule has 2 aromatic carbocycles. The van der Waals surface area contributed by atoms with Crippen molar-refractivity contribution in [2.24, 2.45) is 0 Å². The van der Waals surface area contributed by atoms with Crippen LogP contribution in [0.4, 0.5) is 26.3 Å². The quantitative estimate of drug-likeness (QED) is 0.529. The molecule has 1 aromatic heterocycles. The first-order valence-corrected chi connectivity index (χ1v) is 10.4. The number of fused-ring (bicyclic) bond motifs is 1. The Kier molecular flexibility index (Phi) is 6.30. The minimum Gasteiger partial charge on any atom is -0.347 e. The Bertz CT molecular complexity index is 1270. The van der Waals surface area contributed by atoms with Gasteiger partial charge in [-0.05, 0) is 35.4 Å². The average molecular weight is 496 g/mol. The number of amides is 2. The number of nitrogens with zero attached hydrogens (tertiary/aromatic N) is 3. The lowest BCUT2D eigenvalue weighted by Gasteiger charge is -2.27. The van der Waals surface area contributed by atoms with Crippen LogP contribution in [-0.2, 0) is 32.0 Å². The Hall–Kier alpha value is -3.83. The van der Waals surface area contributed by atoms with Crippen molar-refractivity contribution in [2.75, 3.05) is 6.54 Å². The molecule has 0 atom stereocenters. The summed E-state index contributed by atoms with van der Waals surface area (Å²) >= 11 is 0. The summed E-state index contributed by atoms with van der Waals surface area (Å²) in [6.07, 6.45) is -9.01. The van der Waals surface area contributed by atoms with Crippen LogP contribution in [0.5, 0.6) is 0 Å². The van der Waals surface area contributed by atoms with Gasteiger partial charge in [-0.1, -0.05) is 24.3 Å². The number of halogens is 6. The molecule has 0 saturated carbocycles. The first-order chi connectivity index (χ1) is 16.4. The molecule has 35 heavy (non-hydrogen) atoms. The zero-order chi connectivity index (χ0) is 25.4. The Morgan fingerprint density at radius 1 is 0.886 bits per heavy atom. The lowest BCUT2D eigenvalue weighted by atomic mass is 10.1. The van der Waals surface area contributed by atoms with E-state index in [1.54, 1.807) is 0 Å². The van der Waals surface area contributed by atoms with Gasteiger partial charge in [0.1, 0.15) is 5.69 Å². The number of alkyl halides is 6. The van der Waals surface area contributed by atoms with Gasteiger partial charge >= 0.3 is 12.4 Å². The topological polar surface area (TPSA) is 67.2 Å². The van der Waals surface area contributed by atoms with E-state index in [2.05, 4.69) is 10.4 Å². The van der Waals surface area contributed by atoms with Crippen LogP contribution in [0.1, 0.15) is 43.2 Å². The highest BCUT2D eigenvalue weighted by Crippen LogP contribution is 2.31. The summed E-state index contributed by atoms with van der Waals surface area (Å²) in [5, 5.41) is 6.56. The van der Waals surface area contributed by atoms with Crippen molar-refractivity contribution < 1.29 is 35.9 Å². The number of carbonyl (C=O) groups is 2. The van der Waals surface area contributed by atoms with Crippen LogP contribution in [0.2, 0.25) is 0 Å². The van der Waals surface area contributed by atoms with Gasteiger partial charge in [0.2, 0.25) is 0 Å². The zero-order valence-corrected chi connectivity index (χ0v) is 18.0. The van der Waals surface area contributed by atoms with E-state index in [1.807, 2.05) is 0 Å². The van der Waals surface area contributed by atoms with Crippen molar-refractivity contribution in [3.8, 4) is 0 Å². The van der Waals surface area contributed by atoms with E-state index < -0.39 is 35.3 Å². The van der Waals surface area contributed by atoms with Crippen LogP contribution < -0.4 is 5.32 Å². The lowest BCUT2D eigenvalue weighted by Crippen LogP contribution is -2.39. The summed E-state index contributed by atoms with van der Waals surface area (Å²) < 4.78 is 78.8. The summed E-state index contributed by atoms with van der Waals surface area (Å²) in [6, 6.07) is 10.4. The maximum absolute atomic E-state index is 13.0. The summed E-state index contributed by atoms with van der Waals surface area (Å²) in [4.78, 5) is 26.7. The monoisotopic (exact) mass is 496 g/mol. The fourth-order valence-corrected chi connectivity index (χ4v) is 3.70. The molecule has 0 spiro atoms. The Balaban J connectivity index is 1.43. The number of rotatable bonds is 5. The standard InChI is InChI=1S/C23H18F6N4O2/c24-22(25,26)16-5-1-3-14(9-16)12-30-20(34)18-11-19-21(35)32(7-8-33(19)31-18)13-15-4-2-6-17(10-15)23(27,28)29/h1-6,9-11H,7-8,12-13H2,(H,30,34). The molecule has 0 radical (unpaired) electrons. The molecule has 1 N–H and O–H groups in total. The molecule has 12 heteroatoms. The molecular weight excluding hydrogens is 478 g/mol. The Morgan fingerprint density at radius 2 is 1.49 bits per heavy atom. The Labute approximate surface area is 195 Å². The van der Waals surface area contributed by atoms with Crippen molar-refractivity contribution >= 4 is 11.8 Å². The van der Waals surface area contributed by atoms with Gasteiger partial charge < -0.3 is 10.2 Å². The summed E-state index contributed by atoms with van der Waals surface area (Å²) in [5.74, 6) is -1.18. The van der Waals surface area contributed by atoms with Crippen LogP contribution in [0.3, 0.4) is 0 Å². The average Bonchev–Trinajstić information content (AvgIpc) is 3.24. The fraction of sp³-hybridized carbons (Fsp3) is 0.261. The highest BCUT2D eigenvalue weighted by Gasteiger charge is 2.32. The molecule has 0 saturated heterocycles. The molecule has 1 aliphatic rings. The van der Waals surface area contributed by atoms with Crippen molar-refractivity contribution in [3.05, 3.63) is 88.2 Å². The molecule has 2 heterocycles. The minimum absolute atomic E-state index is 0.0506. The molecule has 0 unspecified atom stereocenters.